The molecule has 0 unspecified atom stereocenters. The zero-order valence-corrected chi connectivity index (χ0v) is 17.2. The molecule has 0 aliphatic carbocycles. The number of ether oxygens (including phenoxy) is 2. The van der Waals surface area contributed by atoms with E-state index in [1.54, 1.807) is 0 Å². The van der Waals surface area contributed by atoms with Gasteiger partial charge in [0.25, 0.3) is 0 Å². The van der Waals surface area contributed by atoms with E-state index >= 15 is 0 Å². The van der Waals surface area contributed by atoms with Crippen LogP contribution < -0.4 is 4.90 Å². The number of hydrogen-bond acceptors (Lipinski definition) is 6. The molecule has 0 spiro atoms. The van der Waals surface area contributed by atoms with Gasteiger partial charge in [0.1, 0.15) is 18.2 Å². The zero-order chi connectivity index (χ0) is 19.5. The Bertz CT molecular complexity index is 697. The van der Waals surface area contributed by atoms with Crippen molar-refractivity contribution in [2.75, 3.05) is 51.4 Å². The number of aromatic nitrogens is 2. The lowest BCUT2D eigenvalue weighted by molar-refractivity contribution is -0.138. The standard InChI is InChI=1S/C21H32N4O3/c1-15-18-6-3-9-24(2)21(18)23-20(22-15)16-7-10-25(11-8-16)19(26)14-27-13-17-5-4-12-28-17/h16-17H,3-14H2,1-2H3/t17-/m0/s1. The third kappa shape index (κ3) is 4.30. The molecule has 4 heterocycles. The number of piperidine rings is 1. The van der Waals surface area contributed by atoms with Gasteiger partial charge in [0, 0.05) is 50.5 Å². The Morgan fingerprint density at radius 3 is 2.75 bits per heavy atom. The third-order valence-electron chi connectivity index (χ3n) is 6.26. The number of anilines is 1. The first-order chi connectivity index (χ1) is 13.6. The van der Waals surface area contributed by atoms with Crippen LogP contribution in [-0.4, -0.2) is 73.4 Å². The van der Waals surface area contributed by atoms with E-state index in [-0.39, 0.29) is 18.6 Å². The highest BCUT2D eigenvalue weighted by Crippen LogP contribution is 2.31. The van der Waals surface area contributed by atoms with Gasteiger partial charge >= 0.3 is 0 Å². The van der Waals surface area contributed by atoms with E-state index in [1.165, 1.54) is 12.0 Å². The highest BCUT2D eigenvalue weighted by molar-refractivity contribution is 5.77. The van der Waals surface area contributed by atoms with Gasteiger partial charge in [0.05, 0.1) is 12.7 Å². The number of likely N-dealkylation sites (tertiary alicyclic amines) is 1. The van der Waals surface area contributed by atoms with Crippen LogP contribution in [0.15, 0.2) is 0 Å². The second-order valence-electron chi connectivity index (χ2n) is 8.30. The smallest absolute Gasteiger partial charge is 0.248 e. The summed E-state index contributed by atoms with van der Waals surface area (Å²) < 4.78 is 11.1. The topological polar surface area (TPSA) is 67.8 Å². The van der Waals surface area contributed by atoms with E-state index < -0.39 is 0 Å². The lowest BCUT2D eigenvalue weighted by Crippen LogP contribution is -2.40. The second-order valence-corrected chi connectivity index (χ2v) is 8.30. The lowest BCUT2D eigenvalue weighted by Gasteiger charge is -2.33. The molecular weight excluding hydrogens is 356 g/mol. The van der Waals surface area contributed by atoms with Crippen molar-refractivity contribution >= 4 is 11.7 Å². The molecule has 4 rings (SSSR count). The molecule has 2 fully saturated rings. The molecule has 154 valence electrons. The van der Waals surface area contributed by atoms with E-state index in [0.29, 0.717) is 12.5 Å². The molecule has 28 heavy (non-hydrogen) atoms. The fraction of sp³-hybridized carbons (Fsp3) is 0.762. The van der Waals surface area contributed by atoms with Crippen molar-refractivity contribution in [1.29, 1.82) is 0 Å². The first-order valence-corrected chi connectivity index (χ1v) is 10.7. The van der Waals surface area contributed by atoms with Gasteiger partial charge < -0.3 is 19.3 Å². The number of carbonyl (C=O) groups is 1. The Morgan fingerprint density at radius 1 is 1.18 bits per heavy atom. The van der Waals surface area contributed by atoms with Crippen molar-refractivity contribution in [3.8, 4) is 0 Å². The Balaban J connectivity index is 1.29. The van der Waals surface area contributed by atoms with E-state index in [4.69, 9.17) is 19.4 Å². The molecule has 1 aromatic rings. The molecule has 7 heteroatoms. The van der Waals surface area contributed by atoms with Gasteiger partial charge in [-0.25, -0.2) is 9.97 Å². The van der Waals surface area contributed by atoms with Gasteiger partial charge in [-0.2, -0.15) is 0 Å². The van der Waals surface area contributed by atoms with Crippen molar-refractivity contribution in [1.82, 2.24) is 14.9 Å². The average molecular weight is 389 g/mol. The fourth-order valence-electron chi connectivity index (χ4n) is 4.52. The molecule has 0 radical (unpaired) electrons. The summed E-state index contributed by atoms with van der Waals surface area (Å²) in [6, 6.07) is 0. The predicted octanol–water partition coefficient (Wildman–Crippen LogP) is 2.07. The Hall–Kier alpha value is -1.73. The molecule has 3 aliphatic heterocycles. The van der Waals surface area contributed by atoms with Gasteiger partial charge in [-0.3, -0.25) is 4.79 Å². The maximum Gasteiger partial charge on any atom is 0.248 e. The number of carbonyl (C=O) groups excluding carboxylic acids is 1. The third-order valence-corrected chi connectivity index (χ3v) is 6.26. The molecule has 7 nitrogen and oxygen atoms in total. The summed E-state index contributed by atoms with van der Waals surface area (Å²) in [7, 11) is 2.12. The molecule has 1 amide bonds. The van der Waals surface area contributed by atoms with Crippen molar-refractivity contribution in [3.05, 3.63) is 17.1 Å². The molecule has 2 saturated heterocycles. The van der Waals surface area contributed by atoms with Crippen molar-refractivity contribution in [3.63, 3.8) is 0 Å². The maximum atomic E-state index is 12.4. The summed E-state index contributed by atoms with van der Waals surface area (Å²) in [6.07, 6.45) is 6.37. The molecule has 0 N–H and O–H groups in total. The van der Waals surface area contributed by atoms with Crippen LogP contribution in [0.4, 0.5) is 5.82 Å². The Labute approximate surface area is 167 Å². The predicted molar refractivity (Wildman–Crippen MR) is 107 cm³/mol. The van der Waals surface area contributed by atoms with Crippen LogP contribution >= 0.6 is 0 Å². The number of nitrogens with zero attached hydrogens (tertiary/aromatic N) is 4. The number of rotatable bonds is 5. The number of hydrogen-bond donors (Lipinski definition) is 0. The van der Waals surface area contributed by atoms with Crippen LogP contribution in [-0.2, 0) is 20.7 Å². The van der Waals surface area contributed by atoms with Crippen LogP contribution in [0.1, 0.15) is 55.1 Å². The van der Waals surface area contributed by atoms with Gasteiger partial charge in [0.15, 0.2) is 0 Å². The monoisotopic (exact) mass is 388 g/mol. The number of amides is 1. The summed E-state index contributed by atoms with van der Waals surface area (Å²) in [5, 5.41) is 0. The van der Waals surface area contributed by atoms with Crippen LogP contribution in [0.5, 0.6) is 0 Å². The summed E-state index contributed by atoms with van der Waals surface area (Å²) in [4.78, 5) is 26.3. The molecule has 1 atom stereocenters. The van der Waals surface area contributed by atoms with Gasteiger partial charge in [-0.15, -0.1) is 0 Å². The molecular formula is C21H32N4O3. The minimum atomic E-state index is 0.0821. The summed E-state index contributed by atoms with van der Waals surface area (Å²) in [5.41, 5.74) is 2.42. The first kappa shape index (κ1) is 19.6. The van der Waals surface area contributed by atoms with Gasteiger partial charge in [0.2, 0.25) is 5.91 Å². The first-order valence-electron chi connectivity index (χ1n) is 10.7. The minimum Gasteiger partial charge on any atom is -0.376 e. The lowest BCUT2D eigenvalue weighted by atomic mass is 9.95. The Morgan fingerprint density at radius 2 is 2.00 bits per heavy atom. The van der Waals surface area contributed by atoms with E-state index in [2.05, 4.69) is 18.9 Å². The van der Waals surface area contributed by atoms with Crippen LogP contribution in [0.2, 0.25) is 0 Å². The number of fused-ring (bicyclic) bond motifs is 1. The fourth-order valence-corrected chi connectivity index (χ4v) is 4.52. The van der Waals surface area contributed by atoms with Crippen molar-refractivity contribution in [2.24, 2.45) is 0 Å². The largest absolute Gasteiger partial charge is 0.376 e. The van der Waals surface area contributed by atoms with E-state index in [0.717, 1.165) is 75.7 Å². The Kier molecular flexibility index (Phi) is 6.11. The van der Waals surface area contributed by atoms with Gasteiger partial charge in [-0.05, 0) is 45.4 Å². The molecule has 3 aliphatic rings. The molecule has 0 bridgehead atoms. The minimum absolute atomic E-state index is 0.0821. The van der Waals surface area contributed by atoms with Gasteiger partial charge in [-0.1, -0.05) is 0 Å². The summed E-state index contributed by atoms with van der Waals surface area (Å²) in [6.45, 7) is 6.16. The summed E-state index contributed by atoms with van der Waals surface area (Å²) in [5.74, 6) is 2.47. The highest BCUT2D eigenvalue weighted by Gasteiger charge is 2.28. The maximum absolute atomic E-state index is 12.4. The molecule has 1 aromatic heterocycles. The average Bonchev–Trinajstić information content (AvgIpc) is 3.22. The molecule has 0 saturated carbocycles. The zero-order valence-electron chi connectivity index (χ0n) is 17.2. The van der Waals surface area contributed by atoms with E-state index in [9.17, 15) is 4.79 Å². The van der Waals surface area contributed by atoms with Crippen LogP contribution in [0.25, 0.3) is 0 Å². The SMILES string of the molecule is Cc1nc(C2CCN(C(=O)COC[C@@H]3CCCO3)CC2)nc2c1CCCN2C. The highest BCUT2D eigenvalue weighted by atomic mass is 16.5. The second kappa shape index (κ2) is 8.74. The number of aryl methyl sites for hydroxylation is 1. The van der Waals surface area contributed by atoms with Crippen molar-refractivity contribution < 1.29 is 14.3 Å². The molecule has 0 aromatic carbocycles. The van der Waals surface area contributed by atoms with Crippen LogP contribution in [0.3, 0.4) is 0 Å². The quantitative estimate of drug-likeness (QED) is 0.769. The normalized spacial score (nSPS) is 23.1. The van der Waals surface area contributed by atoms with Crippen LogP contribution in [0, 0.1) is 6.92 Å². The summed E-state index contributed by atoms with van der Waals surface area (Å²) >= 11 is 0. The van der Waals surface area contributed by atoms with Crippen molar-refractivity contribution in [2.45, 2.75) is 57.5 Å². The van der Waals surface area contributed by atoms with E-state index in [1.807, 2.05) is 4.90 Å².